The summed E-state index contributed by atoms with van der Waals surface area (Å²) < 4.78 is 26.7. The summed E-state index contributed by atoms with van der Waals surface area (Å²) >= 11 is 0. The van der Waals surface area contributed by atoms with Gasteiger partial charge in [0.1, 0.15) is 0 Å². The molecule has 1 saturated heterocycles. The SMILES string of the molecule is CCNC(=NCc1ccc(S(=O)(=O)N2CCCC2)cc1)NCCCC(C)C. The first kappa shape index (κ1) is 21.7. The highest BCUT2D eigenvalue weighted by Gasteiger charge is 2.26. The van der Waals surface area contributed by atoms with Crippen molar-refractivity contribution < 1.29 is 8.42 Å². The van der Waals surface area contributed by atoms with Gasteiger partial charge < -0.3 is 10.6 Å². The molecule has 0 unspecified atom stereocenters. The van der Waals surface area contributed by atoms with Crippen molar-refractivity contribution in [1.29, 1.82) is 0 Å². The Kier molecular flexibility index (Phi) is 8.57. The number of nitrogens with zero attached hydrogens (tertiary/aromatic N) is 2. The lowest BCUT2D eigenvalue weighted by atomic mass is 10.1. The first-order valence-corrected chi connectivity index (χ1v) is 11.5. The van der Waals surface area contributed by atoms with Crippen molar-refractivity contribution in [1.82, 2.24) is 14.9 Å². The topological polar surface area (TPSA) is 73.8 Å². The van der Waals surface area contributed by atoms with Crippen LogP contribution in [0.2, 0.25) is 0 Å². The Balaban J connectivity index is 1.93. The third-order valence-electron chi connectivity index (χ3n) is 4.64. The Morgan fingerprint density at radius 3 is 2.41 bits per heavy atom. The maximum absolute atomic E-state index is 12.6. The molecule has 0 spiro atoms. The van der Waals surface area contributed by atoms with Crippen LogP contribution in [0.4, 0.5) is 0 Å². The molecule has 7 heteroatoms. The molecule has 0 amide bonds. The average Bonchev–Trinajstić information content (AvgIpc) is 3.19. The van der Waals surface area contributed by atoms with Crippen LogP contribution in [0.15, 0.2) is 34.2 Å². The van der Waals surface area contributed by atoms with Gasteiger partial charge in [-0.2, -0.15) is 4.31 Å². The van der Waals surface area contributed by atoms with Gasteiger partial charge in [0.15, 0.2) is 5.96 Å². The van der Waals surface area contributed by atoms with E-state index >= 15 is 0 Å². The third kappa shape index (κ3) is 6.81. The van der Waals surface area contributed by atoms with Gasteiger partial charge in [0, 0.05) is 26.2 Å². The van der Waals surface area contributed by atoms with Crippen molar-refractivity contribution in [3.05, 3.63) is 29.8 Å². The molecule has 1 heterocycles. The van der Waals surface area contributed by atoms with Gasteiger partial charge in [0.2, 0.25) is 10.0 Å². The van der Waals surface area contributed by atoms with Crippen molar-refractivity contribution in [2.45, 2.75) is 57.9 Å². The van der Waals surface area contributed by atoms with Crippen molar-refractivity contribution in [2.24, 2.45) is 10.9 Å². The molecule has 0 aliphatic carbocycles. The minimum atomic E-state index is -3.34. The number of nitrogens with one attached hydrogen (secondary N) is 2. The molecular weight excluding hydrogens is 360 g/mol. The maximum atomic E-state index is 12.6. The normalized spacial score (nSPS) is 16.1. The summed E-state index contributed by atoms with van der Waals surface area (Å²) in [7, 11) is -3.34. The van der Waals surface area contributed by atoms with Gasteiger partial charge in [-0.05, 0) is 56.2 Å². The molecule has 1 aromatic carbocycles. The van der Waals surface area contributed by atoms with Gasteiger partial charge in [-0.1, -0.05) is 26.0 Å². The Bertz CT molecular complexity index is 693. The predicted molar refractivity (Wildman–Crippen MR) is 111 cm³/mol. The number of hydrogen-bond acceptors (Lipinski definition) is 3. The molecule has 2 rings (SSSR count). The fourth-order valence-corrected chi connectivity index (χ4v) is 4.59. The van der Waals surface area contributed by atoms with Crippen LogP contribution in [0.3, 0.4) is 0 Å². The van der Waals surface area contributed by atoms with Crippen molar-refractivity contribution >= 4 is 16.0 Å². The minimum absolute atomic E-state index is 0.371. The number of guanidine groups is 1. The first-order valence-electron chi connectivity index (χ1n) is 10.0. The number of sulfonamides is 1. The van der Waals surface area contributed by atoms with Gasteiger partial charge in [-0.3, -0.25) is 0 Å². The summed E-state index contributed by atoms with van der Waals surface area (Å²) in [6.07, 6.45) is 4.21. The monoisotopic (exact) mass is 394 g/mol. The third-order valence-corrected chi connectivity index (χ3v) is 6.55. The molecular formula is C20H34N4O2S. The number of rotatable bonds is 9. The number of hydrogen-bond donors (Lipinski definition) is 2. The molecule has 1 fully saturated rings. The van der Waals surface area contributed by atoms with Crippen LogP contribution in [0.25, 0.3) is 0 Å². The van der Waals surface area contributed by atoms with E-state index in [0.29, 0.717) is 30.4 Å². The van der Waals surface area contributed by atoms with E-state index in [1.807, 2.05) is 19.1 Å². The smallest absolute Gasteiger partial charge is 0.243 e. The first-order chi connectivity index (χ1) is 12.9. The van der Waals surface area contributed by atoms with Crippen LogP contribution in [0.5, 0.6) is 0 Å². The second kappa shape index (κ2) is 10.7. The minimum Gasteiger partial charge on any atom is -0.357 e. The lowest BCUT2D eigenvalue weighted by Crippen LogP contribution is -2.37. The Labute approximate surface area is 164 Å². The quantitative estimate of drug-likeness (QED) is 0.384. The Morgan fingerprint density at radius 1 is 1.15 bits per heavy atom. The zero-order valence-electron chi connectivity index (χ0n) is 16.9. The molecule has 6 nitrogen and oxygen atoms in total. The summed E-state index contributed by atoms with van der Waals surface area (Å²) in [5, 5.41) is 6.61. The molecule has 1 aliphatic rings. The lowest BCUT2D eigenvalue weighted by Gasteiger charge is -2.15. The largest absolute Gasteiger partial charge is 0.357 e. The second-order valence-electron chi connectivity index (χ2n) is 7.41. The van der Waals surface area contributed by atoms with E-state index in [1.54, 1.807) is 16.4 Å². The molecule has 2 N–H and O–H groups in total. The van der Waals surface area contributed by atoms with Gasteiger partial charge >= 0.3 is 0 Å². The summed E-state index contributed by atoms with van der Waals surface area (Å²) in [5.74, 6) is 1.51. The van der Waals surface area contributed by atoms with Crippen molar-refractivity contribution in [3.8, 4) is 0 Å². The molecule has 0 saturated carbocycles. The summed E-state index contributed by atoms with van der Waals surface area (Å²) in [4.78, 5) is 4.98. The van der Waals surface area contributed by atoms with Gasteiger partial charge in [-0.25, -0.2) is 13.4 Å². The maximum Gasteiger partial charge on any atom is 0.243 e. The van der Waals surface area contributed by atoms with Crippen LogP contribution in [-0.4, -0.2) is 44.9 Å². The van der Waals surface area contributed by atoms with E-state index in [-0.39, 0.29) is 0 Å². The van der Waals surface area contributed by atoms with Crippen LogP contribution < -0.4 is 10.6 Å². The van der Waals surface area contributed by atoms with Crippen LogP contribution in [-0.2, 0) is 16.6 Å². The Morgan fingerprint density at radius 2 is 1.81 bits per heavy atom. The molecule has 0 bridgehead atoms. The zero-order chi connectivity index (χ0) is 19.7. The van der Waals surface area contributed by atoms with Crippen molar-refractivity contribution in [3.63, 3.8) is 0 Å². The fraction of sp³-hybridized carbons (Fsp3) is 0.650. The van der Waals surface area contributed by atoms with Gasteiger partial charge in [0.05, 0.1) is 11.4 Å². The highest BCUT2D eigenvalue weighted by molar-refractivity contribution is 7.89. The molecule has 0 aromatic heterocycles. The van der Waals surface area contributed by atoms with E-state index in [9.17, 15) is 8.42 Å². The second-order valence-corrected chi connectivity index (χ2v) is 9.35. The summed E-state index contributed by atoms with van der Waals surface area (Å²) in [6.45, 7) is 9.98. The van der Waals surface area contributed by atoms with Gasteiger partial charge in [-0.15, -0.1) is 0 Å². The highest BCUT2D eigenvalue weighted by atomic mass is 32.2. The lowest BCUT2D eigenvalue weighted by molar-refractivity contribution is 0.477. The van der Waals surface area contributed by atoms with Crippen LogP contribution in [0.1, 0.15) is 52.0 Å². The van der Waals surface area contributed by atoms with E-state index in [2.05, 4.69) is 29.5 Å². The van der Waals surface area contributed by atoms with E-state index in [1.165, 1.54) is 6.42 Å². The molecule has 0 radical (unpaired) electrons. The zero-order valence-corrected chi connectivity index (χ0v) is 17.7. The average molecular weight is 395 g/mol. The fourth-order valence-electron chi connectivity index (χ4n) is 3.07. The molecule has 1 aliphatic heterocycles. The number of benzene rings is 1. The van der Waals surface area contributed by atoms with Crippen LogP contribution >= 0.6 is 0 Å². The number of aliphatic imine (C=N–C) groups is 1. The molecule has 0 atom stereocenters. The summed E-state index contributed by atoms with van der Waals surface area (Å²) in [5.41, 5.74) is 0.995. The predicted octanol–water partition coefficient (Wildman–Crippen LogP) is 2.96. The molecule has 27 heavy (non-hydrogen) atoms. The standard InChI is InChI=1S/C20H34N4O2S/c1-4-21-20(22-13-7-8-17(2)3)23-16-18-9-11-19(12-10-18)27(25,26)24-14-5-6-15-24/h9-12,17H,4-8,13-16H2,1-3H3,(H2,21,22,23). The molecule has 1 aromatic rings. The van der Waals surface area contributed by atoms with Crippen molar-refractivity contribution in [2.75, 3.05) is 26.2 Å². The van der Waals surface area contributed by atoms with E-state index < -0.39 is 10.0 Å². The van der Waals surface area contributed by atoms with E-state index in [0.717, 1.165) is 43.9 Å². The highest BCUT2D eigenvalue weighted by Crippen LogP contribution is 2.21. The van der Waals surface area contributed by atoms with E-state index in [4.69, 9.17) is 0 Å². The molecule has 152 valence electrons. The van der Waals surface area contributed by atoms with Crippen LogP contribution in [0, 0.1) is 5.92 Å². The van der Waals surface area contributed by atoms with Gasteiger partial charge in [0.25, 0.3) is 0 Å². The summed E-state index contributed by atoms with van der Waals surface area (Å²) in [6, 6.07) is 7.10. The Hall–Kier alpha value is -1.60.